The van der Waals surface area contributed by atoms with Crippen LogP contribution in [0.3, 0.4) is 0 Å². The number of aryl methyl sites for hydroxylation is 1. The van der Waals surface area contributed by atoms with Crippen molar-refractivity contribution >= 4 is 55.8 Å². The number of aromatic nitrogens is 2. The largest absolute Gasteiger partial charge is 0.248 e. The number of rotatable bonds is 0. The first kappa shape index (κ1) is 12.3. The van der Waals surface area contributed by atoms with Gasteiger partial charge in [-0.3, -0.25) is 0 Å². The van der Waals surface area contributed by atoms with Gasteiger partial charge in [0.25, 0.3) is 0 Å². The van der Waals surface area contributed by atoms with Crippen LogP contribution >= 0.6 is 23.7 Å². The summed E-state index contributed by atoms with van der Waals surface area (Å²) in [6, 6.07) is 14.7. The first-order valence-corrected chi connectivity index (χ1v) is 6.68. The maximum absolute atomic E-state index is 4.70. The second-order valence-corrected chi connectivity index (χ2v) is 5.66. The Morgan fingerprint density at radius 2 is 1.68 bits per heavy atom. The quantitative estimate of drug-likeness (QED) is 0.437. The van der Waals surface area contributed by atoms with E-state index in [1.807, 2.05) is 25.1 Å². The Labute approximate surface area is 120 Å². The molecule has 0 atom stereocenters. The summed E-state index contributed by atoms with van der Waals surface area (Å²) in [6.07, 6.45) is 0. The summed E-state index contributed by atoms with van der Waals surface area (Å²) < 4.78 is 1.23. The number of benzene rings is 2. The lowest BCUT2D eigenvalue weighted by atomic mass is 10.1. The van der Waals surface area contributed by atoms with E-state index in [0.29, 0.717) is 0 Å². The lowest BCUT2D eigenvalue weighted by Gasteiger charge is -2.01. The van der Waals surface area contributed by atoms with E-state index in [4.69, 9.17) is 4.98 Å². The van der Waals surface area contributed by atoms with E-state index >= 15 is 0 Å². The highest BCUT2D eigenvalue weighted by Gasteiger charge is 2.05. The summed E-state index contributed by atoms with van der Waals surface area (Å²) in [5.74, 6) is 0. The van der Waals surface area contributed by atoms with Crippen LogP contribution in [0.25, 0.3) is 32.0 Å². The Bertz CT molecular complexity index is 826. The van der Waals surface area contributed by atoms with E-state index in [2.05, 4.69) is 29.2 Å². The Hall–Kier alpha value is -1.71. The van der Waals surface area contributed by atoms with Gasteiger partial charge in [0.15, 0.2) is 0 Å². The molecular weight excluding hydrogens is 276 g/mol. The van der Waals surface area contributed by atoms with Crippen molar-refractivity contribution in [3.8, 4) is 0 Å². The topological polar surface area (TPSA) is 25.8 Å². The molecule has 0 N–H and O–H groups in total. The first-order valence-electron chi connectivity index (χ1n) is 5.86. The highest BCUT2D eigenvalue weighted by atomic mass is 35.5. The van der Waals surface area contributed by atoms with E-state index < -0.39 is 0 Å². The van der Waals surface area contributed by atoms with E-state index in [0.717, 1.165) is 21.6 Å². The monoisotopic (exact) mass is 286 g/mol. The molecule has 0 unspecified atom stereocenters. The maximum atomic E-state index is 4.70. The zero-order chi connectivity index (χ0) is 12.1. The number of hydrogen-bond donors (Lipinski definition) is 0. The molecule has 4 heteroatoms. The Morgan fingerprint density at radius 3 is 2.58 bits per heavy atom. The number of hydrogen-bond acceptors (Lipinski definition) is 3. The van der Waals surface area contributed by atoms with Crippen LogP contribution in [0.15, 0.2) is 42.5 Å². The smallest absolute Gasteiger partial charge is 0.0907 e. The third kappa shape index (κ3) is 1.95. The van der Waals surface area contributed by atoms with Gasteiger partial charge in [0, 0.05) is 10.8 Å². The molecule has 2 aromatic carbocycles. The van der Waals surface area contributed by atoms with Crippen molar-refractivity contribution in [2.75, 3.05) is 0 Å². The number of pyridine rings is 1. The molecule has 0 fully saturated rings. The molecule has 4 aromatic rings. The van der Waals surface area contributed by atoms with Crippen LogP contribution in [-0.4, -0.2) is 9.97 Å². The standard InChI is InChI=1S/C15H10N2S.ClH/c1-9-16-14-8-13-11(7-15(14)18-9)6-10-4-2-3-5-12(10)17-13;/h2-8H,1H3;1H. The van der Waals surface area contributed by atoms with Crippen LogP contribution in [0.4, 0.5) is 0 Å². The summed E-state index contributed by atoms with van der Waals surface area (Å²) in [7, 11) is 0. The average molecular weight is 287 g/mol. The van der Waals surface area contributed by atoms with Gasteiger partial charge in [-0.2, -0.15) is 0 Å². The van der Waals surface area contributed by atoms with Gasteiger partial charge in [0.2, 0.25) is 0 Å². The molecule has 94 valence electrons. The molecular formula is C15H11ClN2S. The molecule has 0 spiro atoms. The molecule has 2 heterocycles. The predicted molar refractivity (Wildman–Crippen MR) is 84.4 cm³/mol. The minimum atomic E-state index is 0. The van der Waals surface area contributed by atoms with Crippen LogP contribution in [-0.2, 0) is 0 Å². The fourth-order valence-corrected chi connectivity index (χ4v) is 3.17. The predicted octanol–water partition coefficient (Wildman–Crippen LogP) is 4.73. The van der Waals surface area contributed by atoms with Crippen LogP contribution < -0.4 is 0 Å². The SMILES string of the molecule is Cc1nc2cc3nc4ccccc4cc3cc2s1.Cl. The molecule has 0 bridgehead atoms. The van der Waals surface area contributed by atoms with Gasteiger partial charge in [-0.05, 0) is 31.2 Å². The van der Waals surface area contributed by atoms with Gasteiger partial charge >= 0.3 is 0 Å². The van der Waals surface area contributed by atoms with Crippen LogP contribution in [0, 0.1) is 6.92 Å². The number of nitrogens with zero attached hydrogens (tertiary/aromatic N) is 2. The summed E-state index contributed by atoms with van der Waals surface area (Å²) in [5.41, 5.74) is 3.11. The van der Waals surface area contributed by atoms with E-state index in [1.54, 1.807) is 11.3 Å². The molecule has 4 rings (SSSR count). The molecule has 0 aliphatic heterocycles. The lowest BCUT2D eigenvalue weighted by molar-refractivity contribution is 1.35. The summed E-state index contributed by atoms with van der Waals surface area (Å²) in [5, 5.41) is 3.47. The molecule has 2 aromatic heterocycles. The van der Waals surface area contributed by atoms with Gasteiger partial charge in [0.1, 0.15) is 0 Å². The summed E-state index contributed by atoms with van der Waals surface area (Å²) >= 11 is 1.73. The van der Waals surface area contributed by atoms with Crippen molar-refractivity contribution < 1.29 is 0 Å². The molecule has 0 aliphatic carbocycles. The van der Waals surface area contributed by atoms with Crippen molar-refractivity contribution in [2.45, 2.75) is 6.92 Å². The first-order chi connectivity index (χ1) is 8.79. The maximum Gasteiger partial charge on any atom is 0.0907 e. The zero-order valence-corrected chi connectivity index (χ0v) is 11.9. The molecule has 19 heavy (non-hydrogen) atoms. The molecule has 0 saturated carbocycles. The highest BCUT2D eigenvalue weighted by molar-refractivity contribution is 7.18. The van der Waals surface area contributed by atoms with E-state index in [-0.39, 0.29) is 12.4 Å². The van der Waals surface area contributed by atoms with Crippen molar-refractivity contribution in [3.63, 3.8) is 0 Å². The Balaban J connectivity index is 0.00000110. The van der Waals surface area contributed by atoms with Gasteiger partial charge in [0.05, 0.1) is 26.3 Å². The van der Waals surface area contributed by atoms with Gasteiger partial charge in [-0.25, -0.2) is 9.97 Å². The zero-order valence-electron chi connectivity index (χ0n) is 10.3. The summed E-state index contributed by atoms with van der Waals surface area (Å²) in [6.45, 7) is 2.04. The van der Waals surface area contributed by atoms with Gasteiger partial charge in [-0.15, -0.1) is 23.7 Å². The van der Waals surface area contributed by atoms with Crippen molar-refractivity contribution in [3.05, 3.63) is 47.5 Å². The van der Waals surface area contributed by atoms with E-state index in [9.17, 15) is 0 Å². The Morgan fingerprint density at radius 1 is 0.842 bits per heavy atom. The van der Waals surface area contributed by atoms with E-state index in [1.165, 1.54) is 15.5 Å². The minimum absolute atomic E-state index is 0. The number of para-hydroxylation sites is 1. The third-order valence-electron chi connectivity index (χ3n) is 3.13. The summed E-state index contributed by atoms with van der Waals surface area (Å²) in [4.78, 5) is 9.22. The lowest BCUT2D eigenvalue weighted by Crippen LogP contribution is -1.82. The molecule has 0 saturated heterocycles. The van der Waals surface area contributed by atoms with Gasteiger partial charge < -0.3 is 0 Å². The fraction of sp³-hybridized carbons (Fsp3) is 0.0667. The third-order valence-corrected chi connectivity index (χ3v) is 4.07. The fourth-order valence-electron chi connectivity index (χ4n) is 2.31. The van der Waals surface area contributed by atoms with Crippen molar-refractivity contribution in [2.24, 2.45) is 0 Å². The molecule has 0 amide bonds. The number of halogens is 1. The minimum Gasteiger partial charge on any atom is -0.248 e. The Kier molecular flexibility index (Phi) is 2.88. The second kappa shape index (κ2) is 4.44. The van der Waals surface area contributed by atoms with Crippen LogP contribution in [0.5, 0.6) is 0 Å². The van der Waals surface area contributed by atoms with Crippen LogP contribution in [0.1, 0.15) is 5.01 Å². The van der Waals surface area contributed by atoms with Crippen molar-refractivity contribution in [1.29, 1.82) is 0 Å². The number of thiazole rings is 1. The van der Waals surface area contributed by atoms with Gasteiger partial charge in [-0.1, -0.05) is 18.2 Å². The molecule has 0 aliphatic rings. The number of fused-ring (bicyclic) bond motifs is 3. The molecule has 2 nitrogen and oxygen atoms in total. The molecule has 0 radical (unpaired) electrons. The second-order valence-electron chi connectivity index (χ2n) is 4.43. The van der Waals surface area contributed by atoms with Crippen LogP contribution in [0.2, 0.25) is 0 Å². The van der Waals surface area contributed by atoms with Crippen molar-refractivity contribution in [1.82, 2.24) is 9.97 Å². The normalized spacial score (nSPS) is 11.0. The highest BCUT2D eigenvalue weighted by Crippen LogP contribution is 2.28. The average Bonchev–Trinajstić information content (AvgIpc) is 2.72.